The number of nitrogens with zero attached hydrogens (tertiary/aromatic N) is 1. The Bertz CT molecular complexity index is 246. The highest BCUT2D eigenvalue weighted by atomic mass is 32.1. The summed E-state index contributed by atoms with van der Waals surface area (Å²) in [6.45, 7) is 4.54. The third kappa shape index (κ3) is 16.0. The number of hydrogen-bond donors (Lipinski definition) is 0. The van der Waals surface area contributed by atoms with Crippen LogP contribution < -0.4 is 0 Å². The summed E-state index contributed by atoms with van der Waals surface area (Å²) in [6, 6.07) is 0.448. The van der Waals surface area contributed by atoms with Crippen LogP contribution in [0.2, 0.25) is 0 Å². The van der Waals surface area contributed by atoms with Crippen molar-refractivity contribution in [3.63, 3.8) is 0 Å². The highest BCUT2D eigenvalue weighted by Gasteiger charge is 2.06. The largest absolute Gasteiger partial charge is 0.229 e. The minimum Gasteiger partial charge on any atom is -0.229 e. The Morgan fingerprint density at radius 2 is 1.05 bits per heavy atom. The maximum absolute atomic E-state index is 4.80. The number of rotatable bonds is 16. The fraction of sp³-hybridized carbons (Fsp3) is 0.947. The van der Waals surface area contributed by atoms with Crippen molar-refractivity contribution in [2.24, 2.45) is 4.99 Å². The molecule has 0 spiro atoms. The van der Waals surface area contributed by atoms with E-state index in [0.29, 0.717) is 6.04 Å². The van der Waals surface area contributed by atoms with Crippen molar-refractivity contribution in [1.82, 2.24) is 0 Å². The summed E-state index contributed by atoms with van der Waals surface area (Å²) in [4.78, 5) is 4.37. The maximum atomic E-state index is 4.80. The lowest BCUT2D eigenvalue weighted by atomic mass is 10.0. The molecule has 124 valence electrons. The molecule has 0 radical (unpaired) electrons. The van der Waals surface area contributed by atoms with Crippen molar-refractivity contribution >= 4 is 17.4 Å². The van der Waals surface area contributed by atoms with E-state index in [-0.39, 0.29) is 0 Å². The van der Waals surface area contributed by atoms with Crippen LogP contribution in [0.1, 0.15) is 110 Å². The molecule has 0 saturated carbocycles. The van der Waals surface area contributed by atoms with Gasteiger partial charge < -0.3 is 0 Å². The van der Waals surface area contributed by atoms with Crippen molar-refractivity contribution in [3.8, 4) is 0 Å². The summed E-state index contributed by atoms with van der Waals surface area (Å²) in [6.07, 6.45) is 20.2. The van der Waals surface area contributed by atoms with Crippen molar-refractivity contribution in [2.45, 2.75) is 116 Å². The second kappa shape index (κ2) is 17.9. The molecule has 21 heavy (non-hydrogen) atoms. The lowest BCUT2D eigenvalue weighted by Gasteiger charge is -2.10. The van der Waals surface area contributed by atoms with E-state index >= 15 is 0 Å². The second-order valence-electron chi connectivity index (χ2n) is 6.34. The van der Waals surface area contributed by atoms with Gasteiger partial charge in [-0.25, -0.2) is 4.99 Å². The lowest BCUT2D eigenvalue weighted by molar-refractivity contribution is 0.486. The third-order valence-corrected chi connectivity index (χ3v) is 4.37. The van der Waals surface area contributed by atoms with Gasteiger partial charge in [-0.3, -0.25) is 0 Å². The van der Waals surface area contributed by atoms with E-state index < -0.39 is 0 Å². The van der Waals surface area contributed by atoms with E-state index in [4.69, 9.17) is 12.2 Å². The van der Waals surface area contributed by atoms with Crippen LogP contribution in [0.3, 0.4) is 0 Å². The summed E-state index contributed by atoms with van der Waals surface area (Å²) in [5, 5.41) is 2.61. The normalized spacial score (nSPS) is 12.1. The van der Waals surface area contributed by atoms with Gasteiger partial charge in [-0.15, -0.1) is 0 Å². The van der Waals surface area contributed by atoms with Gasteiger partial charge in [-0.05, 0) is 25.1 Å². The molecule has 2 heteroatoms. The van der Waals surface area contributed by atoms with Crippen molar-refractivity contribution in [1.29, 1.82) is 0 Å². The standard InChI is InChI=1S/C19H37NS/c1-3-5-7-9-11-13-15-17-19(20-18-21)16-14-12-10-8-6-4-2/h19H,3-17H2,1-2H3. The van der Waals surface area contributed by atoms with Gasteiger partial charge in [0.2, 0.25) is 0 Å². The first-order valence-electron chi connectivity index (χ1n) is 9.42. The van der Waals surface area contributed by atoms with Crippen LogP contribution in [0.25, 0.3) is 0 Å². The lowest BCUT2D eigenvalue weighted by Crippen LogP contribution is -2.04. The molecule has 0 rings (SSSR count). The first-order valence-corrected chi connectivity index (χ1v) is 9.82. The molecule has 0 aliphatic heterocycles. The van der Waals surface area contributed by atoms with E-state index in [0.717, 1.165) is 0 Å². The summed E-state index contributed by atoms with van der Waals surface area (Å²) in [5.74, 6) is 0. The van der Waals surface area contributed by atoms with Crippen LogP contribution in [-0.4, -0.2) is 11.2 Å². The minimum absolute atomic E-state index is 0.448. The third-order valence-electron chi connectivity index (χ3n) is 4.27. The number of hydrogen-bond acceptors (Lipinski definition) is 2. The van der Waals surface area contributed by atoms with Crippen molar-refractivity contribution in [2.75, 3.05) is 0 Å². The summed E-state index contributed by atoms with van der Waals surface area (Å²) in [5.41, 5.74) is 0. The molecule has 1 unspecified atom stereocenters. The first-order chi connectivity index (χ1) is 10.3. The Balaban J connectivity index is 3.51. The van der Waals surface area contributed by atoms with Crippen LogP contribution in [-0.2, 0) is 0 Å². The van der Waals surface area contributed by atoms with Gasteiger partial charge in [0.15, 0.2) is 0 Å². The van der Waals surface area contributed by atoms with Gasteiger partial charge in [0, 0.05) is 0 Å². The monoisotopic (exact) mass is 311 g/mol. The Labute approximate surface area is 139 Å². The number of thiocarbonyl (C=S) groups is 1. The SMILES string of the molecule is CCCCCCCCCC(CCCCCCCC)N=C=S. The highest BCUT2D eigenvalue weighted by molar-refractivity contribution is 7.78. The fourth-order valence-electron chi connectivity index (χ4n) is 2.85. The van der Waals surface area contributed by atoms with Gasteiger partial charge in [0.05, 0.1) is 11.2 Å². The van der Waals surface area contributed by atoms with Crippen LogP contribution in [0.15, 0.2) is 4.99 Å². The molecule has 0 amide bonds. The molecule has 0 aromatic carbocycles. The predicted molar refractivity (Wildman–Crippen MR) is 99.4 cm³/mol. The van der Waals surface area contributed by atoms with E-state index in [2.05, 4.69) is 24.0 Å². The Morgan fingerprint density at radius 1 is 0.667 bits per heavy atom. The zero-order valence-corrected chi connectivity index (χ0v) is 15.4. The average Bonchev–Trinajstić information content (AvgIpc) is 2.49. The summed E-state index contributed by atoms with van der Waals surface area (Å²) >= 11 is 4.80. The molecule has 0 bridgehead atoms. The molecule has 0 aromatic rings. The van der Waals surface area contributed by atoms with Gasteiger partial charge >= 0.3 is 0 Å². The molecule has 0 fully saturated rings. The Morgan fingerprint density at radius 3 is 1.43 bits per heavy atom. The zero-order valence-electron chi connectivity index (χ0n) is 14.5. The van der Waals surface area contributed by atoms with Gasteiger partial charge in [0.25, 0.3) is 0 Å². The summed E-state index contributed by atoms with van der Waals surface area (Å²) < 4.78 is 0. The van der Waals surface area contributed by atoms with Crippen LogP contribution in [0, 0.1) is 0 Å². The summed E-state index contributed by atoms with van der Waals surface area (Å²) in [7, 11) is 0. The molecule has 0 heterocycles. The highest BCUT2D eigenvalue weighted by Crippen LogP contribution is 2.16. The average molecular weight is 312 g/mol. The molecule has 1 nitrogen and oxygen atoms in total. The predicted octanol–water partition coefficient (Wildman–Crippen LogP) is 7.35. The topological polar surface area (TPSA) is 12.4 Å². The van der Waals surface area contributed by atoms with Gasteiger partial charge in [-0.1, -0.05) is 97.3 Å². The molecule has 0 saturated heterocycles. The van der Waals surface area contributed by atoms with Gasteiger partial charge in [0.1, 0.15) is 0 Å². The van der Waals surface area contributed by atoms with Crippen LogP contribution in [0.5, 0.6) is 0 Å². The molecular formula is C19H37NS. The van der Waals surface area contributed by atoms with E-state index in [1.807, 2.05) is 0 Å². The van der Waals surface area contributed by atoms with E-state index in [1.165, 1.54) is 96.3 Å². The molecule has 1 atom stereocenters. The maximum Gasteiger partial charge on any atom is 0.0602 e. The number of unbranched alkanes of at least 4 members (excludes halogenated alkanes) is 11. The number of aliphatic imine (C=N–C) groups is 1. The zero-order chi connectivity index (χ0) is 15.6. The Hall–Kier alpha value is -0.200. The smallest absolute Gasteiger partial charge is 0.0602 e. The first kappa shape index (κ1) is 20.8. The van der Waals surface area contributed by atoms with Crippen molar-refractivity contribution < 1.29 is 0 Å². The minimum atomic E-state index is 0.448. The molecule has 0 aliphatic rings. The van der Waals surface area contributed by atoms with E-state index in [1.54, 1.807) is 0 Å². The molecule has 0 aliphatic carbocycles. The molecule has 0 N–H and O–H groups in total. The Kier molecular flexibility index (Phi) is 17.7. The quantitative estimate of drug-likeness (QED) is 0.165. The number of isothiocyanates is 1. The molecule has 0 aromatic heterocycles. The van der Waals surface area contributed by atoms with Crippen LogP contribution >= 0.6 is 12.2 Å². The second-order valence-corrected chi connectivity index (χ2v) is 6.52. The molecular weight excluding hydrogens is 274 g/mol. The van der Waals surface area contributed by atoms with E-state index in [9.17, 15) is 0 Å². The van der Waals surface area contributed by atoms with Crippen molar-refractivity contribution in [3.05, 3.63) is 0 Å². The van der Waals surface area contributed by atoms with Crippen LogP contribution in [0.4, 0.5) is 0 Å². The fourth-order valence-corrected chi connectivity index (χ4v) is 2.99. The van der Waals surface area contributed by atoms with Gasteiger partial charge in [-0.2, -0.15) is 0 Å².